The van der Waals surface area contributed by atoms with E-state index in [1.807, 2.05) is 6.08 Å². The molecule has 1 heterocycles. The second-order valence-electron chi connectivity index (χ2n) is 8.81. The van der Waals surface area contributed by atoms with Crippen LogP contribution in [0.1, 0.15) is 40.4 Å². The smallest absolute Gasteiger partial charge is 0.192 e. The lowest BCUT2D eigenvalue weighted by molar-refractivity contribution is 0.00579. The Kier molecular flexibility index (Phi) is 9.70. The van der Waals surface area contributed by atoms with Crippen LogP contribution in [-0.4, -0.2) is 44.2 Å². The summed E-state index contributed by atoms with van der Waals surface area (Å²) >= 11 is 0. The number of nitrogens with zero attached hydrogens (tertiary/aromatic N) is 2. The maximum atomic E-state index is 6.72. The van der Waals surface area contributed by atoms with Crippen LogP contribution in [0.5, 0.6) is 0 Å². The summed E-state index contributed by atoms with van der Waals surface area (Å²) in [6.45, 7) is 20.4. The Morgan fingerprint density at radius 1 is 1.25 bits per heavy atom. The Hall–Kier alpha value is -1.34. The van der Waals surface area contributed by atoms with Crippen LogP contribution in [0, 0.1) is 5.92 Å². The molecule has 6 heteroatoms. The normalized spacial score (nSPS) is 16.5. The van der Waals surface area contributed by atoms with Gasteiger partial charge in [-0.1, -0.05) is 45.4 Å². The minimum absolute atomic E-state index is 0.0872. The summed E-state index contributed by atoms with van der Waals surface area (Å²) < 4.78 is 18.1. The van der Waals surface area contributed by atoms with Gasteiger partial charge >= 0.3 is 0 Å². The second-order valence-corrected chi connectivity index (χ2v) is 13.6. The first kappa shape index (κ1) is 24.7. The molecule has 158 valence electrons. The number of rotatable bonds is 11. The Balaban J connectivity index is 2.82. The maximum Gasteiger partial charge on any atom is 0.192 e. The molecule has 1 aromatic rings. The van der Waals surface area contributed by atoms with Gasteiger partial charge < -0.3 is 13.9 Å². The van der Waals surface area contributed by atoms with E-state index in [1.54, 1.807) is 25.6 Å². The quantitative estimate of drug-likeness (QED) is 0.375. The minimum atomic E-state index is -1.95. The molecule has 0 aliphatic rings. The monoisotopic (exact) mass is 406 g/mol. The lowest BCUT2D eigenvalue weighted by Gasteiger charge is -2.42. The van der Waals surface area contributed by atoms with Crippen LogP contribution in [0.15, 0.2) is 42.8 Å². The average Bonchev–Trinajstić information content (AvgIpc) is 2.61. The van der Waals surface area contributed by atoms with Crippen molar-refractivity contribution >= 4 is 8.32 Å². The SMILES string of the molecule is C=C[C@H](OC)[C@@H](O[Si](C)(C)C(C)(C)C)[C@H](C)/C=C(/C)COCc1ncccn1. The first-order valence-electron chi connectivity index (χ1n) is 9.86. The fraction of sp³-hybridized carbons (Fsp3) is 0.636. The van der Waals surface area contributed by atoms with Crippen LogP contribution in [0.4, 0.5) is 0 Å². The lowest BCUT2D eigenvalue weighted by atomic mass is 9.97. The molecule has 0 saturated heterocycles. The van der Waals surface area contributed by atoms with Crippen LogP contribution >= 0.6 is 0 Å². The molecule has 5 nitrogen and oxygen atoms in total. The van der Waals surface area contributed by atoms with Crippen molar-refractivity contribution in [3.63, 3.8) is 0 Å². The van der Waals surface area contributed by atoms with Gasteiger partial charge in [-0.2, -0.15) is 0 Å². The molecule has 3 atom stereocenters. The first-order chi connectivity index (χ1) is 13.0. The van der Waals surface area contributed by atoms with Crippen molar-refractivity contribution in [2.75, 3.05) is 13.7 Å². The molecule has 0 aromatic carbocycles. The third kappa shape index (κ3) is 7.58. The van der Waals surface area contributed by atoms with E-state index in [4.69, 9.17) is 13.9 Å². The first-order valence-corrected chi connectivity index (χ1v) is 12.8. The number of hydrogen-bond acceptors (Lipinski definition) is 5. The summed E-state index contributed by atoms with van der Waals surface area (Å²) in [6.07, 6.45) is 7.24. The Labute approximate surface area is 172 Å². The van der Waals surface area contributed by atoms with E-state index < -0.39 is 8.32 Å². The van der Waals surface area contributed by atoms with E-state index in [9.17, 15) is 0 Å². The molecule has 0 aliphatic heterocycles. The average molecular weight is 407 g/mol. The summed E-state index contributed by atoms with van der Waals surface area (Å²) in [5.74, 6) is 0.849. The van der Waals surface area contributed by atoms with Crippen molar-refractivity contribution in [1.29, 1.82) is 0 Å². The Morgan fingerprint density at radius 3 is 2.36 bits per heavy atom. The van der Waals surface area contributed by atoms with E-state index in [2.05, 4.69) is 70.3 Å². The highest BCUT2D eigenvalue weighted by Crippen LogP contribution is 2.39. The van der Waals surface area contributed by atoms with Gasteiger partial charge in [0.2, 0.25) is 0 Å². The molecule has 0 radical (unpaired) electrons. The van der Waals surface area contributed by atoms with Crippen LogP contribution in [0.2, 0.25) is 18.1 Å². The zero-order valence-electron chi connectivity index (χ0n) is 18.9. The second kappa shape index (κ2) is 11.0. The van der Waals surface area contributed by atoms with Crippen LogP contribution in [0.25, 0.3) is 0 Å². The molecule has 0 fully saturated rings. The summed E-state index contributed by atoms with van der Waals surface area (Å²) in [5, 5.41) is 0.127. The molecule has 1 rings (SSSR count). The summed E-state index contributed by atoms with van der Waals surface area (Å²) in [6, 6.07) is 1.80. The minimum Gasteiger partial charge on any atom is -0.410 e. The highest BCUT2D eigenvalue weighted by Gasteiger charge is 2.41. The largest absolute Gasteiger partial charge is 0.410 e. The van der Waals surface area contributed by atoms with Gasteiger partial charge in [0.25, 0.3) is 0 Å². The molecular formula is C22H38N2O3Si. The van der Waals surface area contributed by atoms with E-state index in [-0.39, 0.29) is 23.2 Å². The number of aromatic nitrogens is 2. The van der Waals surface area contributed by atoms with Crippen LogP contribution in [0.3, 0.4) is 0 Å². The van der Waals surface area contributed by atoms with Gasteiger partial charge in [0, 0.05) is 25.4 Å². The number of hydrogen-bond donors (Lipinski definition) is 0. The number of methoxy groups -OCH3 is 1. The molecule has 0 bridgehead atoms. The van der Waals surface area contributed by atoms with Gasteiger partial charge in [-0.05, 0) is 31.1 Å². The molecule has 0 spiro atoms. The molecule has 0 saturated carbocycles. The molecule has 1 aromatic heterocycles. The highest BCUT2D eigenvalue weighted by atomic mass is 28.4. The third-order valence-corrected chi connectivity index (χ3v) is 9.78. The van der Waals surface area contributed by atoms with Crippen molar-refractivity contribution in [3.05, 3.63) is 48.6 Å². The van der Waals surface area contributed by atoms with Gasteiger partial charge in [-0.15, -0.1) is 6.58 Å². The van der Waals surface area contributed by atoms with Crippen molar-refractivity contribution in [3.8, 4) is 0 Å². The van der Waals surface area contributed by atoms with Gasteiger partial charge in [0.05, 0.1) is 12.7 Å². The predicted molar refractivity (Wildman–Crippen MR) is 118 cm³/mol. The van der Waals surface area contributed by atoms with Crippen molar-refractivity contribution in [1.82, 2.24) is 9.97 Å². The standard InChI is InChI=1S/C22H38N2O3Si/c1-10-19(25-7)21(27-28(8,9)22(4,5)6)18(3)14-17(2)15-26-16-20-23-12-11-13-24-20/h10-14,18-19,21H,1,15-16H2,2-9H3/b17-14-/t18-,19+,21+/m1/s1. The van der Waals surface area contributed by atoms with E-state index in [0.717, 1.165) is 5.57 Å². The molecule has 0 N–H and O–H groups in total. The molecule has 0 aliphatic carbocycles. The summed E-state index contributed by atoms with van der Waals surface area (Å²) in [7, 11) is -0.242. The zero-order valence-corrected chi connectivity index (χ0v) is 19.9. The van der Waals surface area contributed by atoms with Gasteiger partial charge in [-0.3, -0.25) is 0 Å². The lowest BCUT2D eigenvalue weighted by Crippen LogP contribution is -2.49. The van der Waals surface area contributed by atoms with E-state index in [0.29, 0.717) is 19.0 Å². The highest BCUT2D eigenvalue weighted by molar-refractivity contribution is 6.74. The zero-order chi connectivity index (χ0) is 21.4. The summed E-state index contributed by atoms with van der Waals surface area (Å²) in [5.41, 5.74) is 1.14. The fourth-order valence-corrected chi connectivity index (χ4v) is 4.04. The fourth-order valence-electron chi connectivity index (χ4n) is 2.65. The van der Waals surface area contributed by atoms with Crippen molar-refractivity contribution < 1.29 is 13.9 Å². The van der Waals surface area contributed by atoms with E-state index >= 15 is 0 Å². The van der Waals surface area contributed by atoms with E-state index in [1.165, 1.54) is 0 Å². The topological polar surface area (TPSA) is 53.5 Å². The third-order valence-electron chi connectivity index (χ3n) is 5.31. The van der Waals surface area contributed by atoms with Crippen molar-refractivity contribution in [2.24, 2.45) is 5.92 Å². The number of ether oxygens (including phenoxy) is 2. The maximum absolute atomic E-state index is 6.72. The van der Waals surface area contributed by atoms with Crippen LogP contribution < -0.4 is 0 Å². The Morgan fingerprint density at radius 2 is 1.86 bits per heavy atom. The molecular weight excluding hydrogens is 368 g/mol. The van der Waals surface area contributed by atoms with Gasteiger partial charge in [-0.25, -0.2) is 9.97 Å². The predicted octanol–water partition coefficient (Wildman–Crippen LogP) is 5.17. The molecule has 28 heavy (non-hydrogen) atoms. The Bertz CT molecular complexity index is 626. The van der Waals surface area contributed by atoms with Crippen molar-refractivity contribution in [2.45, 2.75) is 71.6 Å². The van der Waals surface area contributed by atoms with Gasteiger partial charge in [0.1, 0.15) is 12.7 Å². The van der Waals surface area contributed by atoms with Crippen LogP contribution in [-0.2, 0) is 20.5 Å². The molecule has 0 amide bonds. The van der Waals surface area contributed by atoms with Gasteiger partial charge in [0.15, 0.2) is 14.1 Å². The summed E-state index contributed by atoms with van der Waals surface area (Å²) in [4.78, 5) is 8.35. The molecule has 0 unspecified atom stereocenters.